The van der Waals surface area contributed by atoms with Crippen molar-refractivity contribution in [3.05, 3.63) is 47.7 Å². The number of alkyl halides is 3. The number of benzene rings is 1. The van der Waals surface area contributed by atoms with Gasteiger partial charge in [-0.15, -0.1) is 10.2 Å². The Morgan fingerprint density at radius 1 is 1.19 bits per heavy atom. The van der Waals surface area contributed by atoms with Crippen LogP contribution in [0.5, 0.6) is 0 Å². The van der Waals surface area contributed by atoms with Gasteiger partial charge in [-0.25, -0.2) is 4.79 Å². The summed E-state index contributed by atoms with van der Waals surface area (Å²) in [6, 6.07) is 9.66. The fourth-order valence-electron chi connectivity index (χ4n) is 2.91. The Balaban J connectivity index is 1.44. The summed E-state index contributed by atoms with van der Waals surface area (Å²) in [5.74, 6) is -1.60. The molecule has 0 radical (unpaired) electrons. The Bertz CT molecular complexity index is 725. The van der Waals surface area contributed by atoms with E-state index in [-0.39, 0.29) is 17.8 Å². The van der Waals surface area contributed by atoms with Gasteiger partial charge in [0.2, 0.25) is 5.89 Å². The molecule has 1 fully saturated rings. The largest absolute Gasteiger partial charge is 0.470 e. The molecule has 0 aliphatic carbocycles. The average Bonchev–Trinajstić information content (AvgIpc) is 3.13. The van der Waals surface area contributed by atoms with Crippen LogP contribution in [0.4, 0.5) is 18.0 Å². The molecule has 0 unspecified atom stereocenters. The van der Waals surface area contributed by atoms with Gasteiger partial charge < -0.3 is 14.6 Å². The van der Waals surface area contributed by atoms with Crippen LogP contribution in [0.25, 0.3) is 0 Å². The molecule has 1 aliphatic heterocycles. The second kappa shape index (κ2) is 7.76. The van der Waals surface area contributed by atoms with E-state index in [2.05, 4.69) is 15.5 Å². The van der Waals surface area contributed by atoms with E-state index in [9.17, 15) is 18.0 Å². The maximum absolute atomic E-state index is 12.5. The minimum absolute atomic E-state index is 0.0125. The van der Waals surface area contributed by atoms with Crippen molar-refractivity contribution in [1.82, 2.24) is 20.4 Å². The highest BCUT2D eigenvalue weighted by Crippen LogP contribution is 2.32. The van der Waals surface area contributed by atoms with E-state index in [0.29, 0.717) is 32.5 Å². The molecule has 6 nitrogen and oxygen atoms in total. The van der Waals surface area contributed by atoms with Gasteiger partial charge in [-0.3, -0.25) is 0 Å². The third-order valence-electron chi connectivity index (χ3n) is 4.35. The summed E-state index contributed by atoms with van der Waals surface area (Å²) < 4.78 is 42.3. The molecule has 0 spiro atoms. The first-order chi connectivity index (χ1) is 12.4. The summed E-state index contributed by atoms with van der Waals surface area (Å²) in [7, 11) is 0. The number of urea groups is 1. The molecule has 26 heavy (non-hydrogen) atoms. The van der Waals surface area contributed by atoms with Gasteiger partial charge in [-0.1, -0.05) is 30.3 Å². The van der Waals surface area contributed by atoms with Crippen molar-refractivity contribution < 1.29 is 22.4 Å². The number of hydrogen-bond acceptors (Lipinski definition) is 4. The van der Waals surface area contributed by atoms with Crippen molar-refractivity contribution in [1.29, 1.82) is 0 Å². The van der Waals surface area contributed by atoms with Crippen molar-refractivity contribution in [3.8, 4) is 0 Å². The standard InChI is InChI=1S/C17H19F3N4O2/c18-17(19,20)15-23-22-14(26-15)13-7-10-24(11-8-13)16(25)21-9-6-12-4-2-1-3-5-12/h1-5,13H,6-11H2,(H,21,25). The molecule has 2 amide bonds. The highest BCUT2D eigenvalue weighted by Gasteiger charge is 2.39. The predicted octanol–water partition coefficient (Wildman–Crippen LogP) is 3.22. The van der Waals surface area contributed by atoms with E-state index in [4.69, 9.17) is 4.42 Å². The molecule has 2 aromatic rings. The number of rotatable bonds is 4. The van der Waals surface area contributed by atoms with Crippen LogP contribution in [-0.2, 0) is 12.6 Å². The van der Waals surface area contributed by atoms with Gasteiger partial charge in [0.05, 0.1) is 0 Å². The SMILES string of the molecule is O=C(NCCc1ccccc1)N1CCC(c2nnc(C(F)(F)F)o2)CC1. The molecule has 9 heteroatoms. The molecule has 3 rings (SSSR count). The predicted molar refractivity (Wildman–Crippen MR) is 86.4 cm³/mol. The minimum atomic E-state index is -4.63. The summed E-state index contributed by atoms with van der Waals surface area (Å²) in [5, 5.41) is 9.42. The van der Waals surface area contributed by atoms with Crippen LogP contribution < -0.4 is 5.32 Å². The number of hydrogen-bond donors (Lipinski definition) is 1. The summed E-state index contributed by atoms with van der Waals surface area (Å²) in [6.45, 7) is 1.40. The van der Waals surface area contributed by atoms with Crippen LogP contribution in [-0.4, -0.2) is 40.8 Å². The first-order valence-electron chi connectivity index (χ1n) is 8.41. The number of aromatic nitrogens is 2. The lowest BCUT2D eigenvalue weighted by atomic mass is 9.97. The van der Waals surface area contributed by atoms with Crippen molar-refractivity contribution in [2.24, 2.45) is 0 Å². The van der Waals surface area contributed by atoms with Crippen LogP contribution >= 0.6 is 0 Å². The second-order valence-electron chi connectivity index (χ2n) is 6.17. The molecule has 1 saturated heterocycles. The smallest absolute Gasteiger partial charge is 0.417 e. The Kier molecular flexibility index (Phi) is 5.43. The zero-order valence-electron chi connectivity index (χ0n) is 14.0. The first kappa shape index (κ1) is 18.2. The molecule has 1 N–H and O–H groups in total. The van der Waals surface area contributed by atoms with E-state index < -0.39 is 12.1 Å². The number of nitrogens with one attached hydrogen (secondary N) is 1. The minimum Gasteiger partial charge on any atom is -0.417 e. The van der Waals surface area contributed by atoms with E-state index >= 15 is 0 Å². The van der Waals surface area contributed by atoms with Crippen LogP contribution in [0.3, 0.4) is 0 Å². The molecule has 0 atom stereocenters. The highest BCUT2D eigenvalue weighted by atomic mass is 19.4. The van der Waals surface area contributed by atoms with Crippen molar-refractivity contribution in [2.75, 3.05) is 19.6 Å². The number of piperidine rings is 1. The van der Waals surface area contributed by atoms with Gasteiger partial charge in [0.15, 0.2) is 0 Å². The third kappa shape index (κ3) is 4.53. The molecule has 0 saturated carbocycles. The van der Waals surface area contributed by atoms with Gasteiger partial charge in [0.25, 0.3) is 0 Å². The number of carbonyl (C=O) groups is 1. The summed E-state index contributed by atoms with van der Waals surface area (Å²) in [6.07, 6.45) is -2.91. The van der Waals surface area contributed by atoms with Crippen LogP contribution in [0.15, 0.2) is 34.7 Å². The average molecular weight is 368 g/mol. The fourth-order valence-corrected chi connectivity index (χ4v) is 2.91. The Morgan fingerprint density at radius 3 is 2.50 bits per heavy atom. The molecular formula is C17H19F3N4O2. The molecule has 1 aromatic carbocycles. The van der Waals surface area contributed by atoms with Crippen LogP contribution in [0, 0.1) is 0 Å². The number of amides is 2. The Labute approximate surface area is 148 Å². The van der Waals surface area contributed by atoms with Crippen molar-refractivity contribution in [3.63, 3.8) is 0 Å². The summed E-state index contributed by atoms with van der Waals surface area (Å²) in [5.41, 5.74) is 1.14. The molecule has 2 heterocycles. The lowest BCUT2D eigenvalue weighted by Gasteiger charge is -2.30. The normalized spacial score (nSPS) is 15.9. The Hall–Kier alpha value is -2.58. The monoisotopic (exact) mass is 368 g/mol. The Morgan fingerprint density at radius 2 is 1.88 bits per heavy atom. The highest BCUT2D eigenvalue weighted by molar-refractivity contribution is 5.74. The van der Waals surface area contributed by atoms with Gasteiger partial charge in [0.1, 0.15) is 0 Å². The van der Waals surface area contributed by atoms with Gasteiger partial charge in [-0.2, -0.15) is 13.2 Å². The molecule has 1 aromatic heterocycles. The van der Waals surface area contributed by atoms with E-state index in [0.717, 1.165) is 12.0 Å². The lowest BCUT2D eigenvalue weighted by Crippen LogP contribution is -2.44. The second-order valence-corrected chi connectivity index (χ2v) is 6.17. The van der Waals surface area contributed by atoms with E-state index in [1.54, 1.807) is 4.90 Å². The zero-order valence-corrected chi connectivity index (χ0v) is 14.0. The van der Waals surface area contributed by atoms with Gasteiger partial charge >= 0.3 is 18.1 Å². The molecular weight excluding hydrogens is 349 g/mol. The number of halogens is 3. The quantitative estimate of drug-likeness (QED) is 0.900. The van der Waals surface area contributed by atoms with Gasteiger partial charge in [0, 0.05) is 25.6 Å². The summed E-state index contributed by atoms with van der Waals surface area (Å²) in [4.78, 5) is 13.8. The summed E-state index contributed by atoms with van der Waals surface area (Å²) >= 11 is 0. The van der Waals surface area contributed by atoms with Crippen LogP contribution in [0.1, 0.15) is 36.1 Å². The third-order valence-corrected chi connectivity index (χ3v) is 4.35. The van der Waals surface area contributed by atoms with E-state index in [1.165, 1.54) is 0 Å². The number of nitrogens with zero attached hydrogens (tertiary/aromatic N) is 3. The zero-order chi connectivity index (χ0) is 18.6. The molecule has 1 aliphatic rings. The molecule has 0 bridgehead atoms. The van der Waals surface area contributed by atoms with E-state index in [1.807, 2.05) is 30.3 Å². The van der Waals surface area contributed by atoms with Crippen molar-refractivity contribution in [2.45, 2.75) is 31.4 Å². The first-order valence-corrected chi connectivity index (χ1v) is 8.41. The number of carbonyl (C=O) groups excluding carboxylic acids is 1. The van der Waals surface area contributed by atoms with Gasteiger partial charge in [-0.05, 0) is 24.8 Å². The lowest BCUT2D eigenvalue weighted by molar-refractivity contribution is -0.157. The van der Waals surface area contributed by atoms with Crippen molar-refractivity contribution >= 4 is 6.03 Å². The van der Waals surface area contributed by atoms with Crippen LogP contribution in [0.2, 0.25) is 0 Å². The fraction of sp³-hybridized carbons (Fsp3) is 0.471. The maximum atomic E-state index is 12.5. The number of likely N-dealkylation sites (tertiary alicyclic amines) is 1. The maximum Gasteiger partial charge on any atom is 0.470 e. The topological polar surface area (TPSA) is 71.3 Å². The molecule has 140 valence electrons.